The van der Waals surface area contributed by atoms with E-state index in [0.717, 1.165) is 41.6 Å². The van der Waals surface area contributed by atoms with Gasteiger partial charge in [0.1, 0.15) is 30.5 Å². The molecule has 1 aliphatic carbocycles. The van der Waals surface area contributed by atoms with Crippen molar-refractivity contribution in [3.05, 3.63) is 140 Å². The molecule has 0 saturated carbocycles. The number of nitrogens with zero attached hydrogens (tertiary/aromatic N) is 7. The molecule has 3 aliphatic heterocycles. The zero-order valence-corrected chi connectivity index (χ0v) is 67.3. The molecule has 4 aromatic carbocycles. The number of ether oxygens (including phenoxy) is 2. The van der Waals surface area contributed by atoms with E-state index >= 15 is 4.39 Å². The number of halogens is 1. The van der Waals surface area contributed by atoms with Crippen molar-refractivity contribution >= 4 is 103 Å². The number of hydrogen-bond acceptors (Lipinski definition) is 20. The number of aryl methyl sites for hydroxylation is 1. The van der Waals surface area contributed by atoms with E-state index in [2.05, 4.69) is 66.0 Å². The molecule has 0 bridgehead atoms. The van der Waals surface area contributed by atoms with Gasteiger partial charge in [-0.05, 0) is 169 Å². The number of aliphatic carboxylic acids is 1. The van der Waals surface area contributed by atoms with Crippen LogP contribution in [0, 0.1) is 18.7 Å². The molecule has 1 fully saturated rings. The number of cyclic esters (lactones) is 1. The molecule has 35 heteroatoms. The maximum absolute atomic E-state index is 15.7. The largest absolute Gasteiger partial charge is 0.481 e. The quantitative estimate of drug-likeness (QED) is 0.0195. The van der Waals surface area contributed by atoms with Crippen LogP contribution < -0.4 is 58.5 Å². The van der Waals surface area contributed by atoms with Crippen LogP contribution in [0.1, 0.15) is 138 Å². The number of sulfonamides is 1. The number of carbonyl (C=O) groups excluding carboxylic acids is 9. The highest BCUT2D eigenvalue weighted by Crippen LogP contribution is 2.48. The number of nitrogens with one attached hydrogen (secondary N) is 9. The van der Waals surface area contributed by atoms with Gasteiger partial charge in [-0.25, -0.2) is 41.8 Å². The number of carboxylic acids is 1. The summed E-state index contributed by atoms with van der Waals surface area (Å²) in [6.07, 6.45) is 1.31. The lowest BCUT2D eigenvalue weighted by atomic mass is 9.81. The molecular formula is C80H104FN17O16S. The fourth-order valence-electron chi connectivity index (χ4n) is 15.2. The molecule has 6 aromatic rings. The average molecular weight is 1610 g/mol. The predicted molar refractivity (Wildman–Crippen MR) is 428 cm³/mol. The second-order valence-electron chi connectivity index (χ2n) is 29.9. The fourth-order valence-corrected chi connectivity index (χ4v) is 16.3. The Balaban J connectivity index is 0.662. The standard InChI is InChI=1S/C80H104FN17O16S/c1-11-29-83-77(108)87-51-19-16-21-53(38-51)115(111,112)92-52-20-15-18-48(37-52)59(42-67(101)102)90-79(110)86-50-25-23-49(24-26-50)85-78(109)84-30-32-93(8)33-34-94(9)35-36-95(10)44-66(100)88-61(41-65(82)99)74(105)97-31-17-22-63(97)72(103)91-70(46(5)6)75(106)114-80(12-2)57-39-64-71-55(43-98(64)73(104)56(57)45-113-76(80)107)69-62(96(13-3)14-4)28-27-54-47(7)58(81)40-60(89-71)68(54)69/h15-16,18-21,23-26,37-40,46,59,61-63,70,92H,11-14,17,22,27-36,41-45H2,1-10H3,(H2,82,99)(H,88,100)(H,91,103)(H,101,102)(H2,83,87,108)(H2,84,85,109)(H2,86,90,110). The number of anilines is 4. The lowest BCUT2D eigenvalue weighted by Gasteiger charge is -2.37. The van der Waals surface area contributed by atoms with E-state index < -0.39 is 130 Å². The summed E-state index contributed by atoms with van der Waals surface area (Å²) in [5.41, 5.74) is 9.09. The van der Waals surface area contributed by atoms with Crippen LogP contribution in [0.2, 0.25) is 0 Å². The second kappa shape index (κ2) is 37.9. The van der Waals surface area contributed by atoms with Gasteiger partial charge >= 0.3 is 36.0 Å². The van der Waals surface area contributed by atoms with Crippen LogP contribution in [0.15, 0.2) is 94.6 Å². The molecule has 5 heterocycles. The molecule has 33 nitrogen and oxygen atoms in total. The van der Waals surface area contributed by atoms with Crippen molar-refractivity contribution in [2.75, 3.05) is 114 Å². The van der Waals surface area contributed by atoms with Crippen molar-refractivity contribution in [3.63, 3.8) is 0 Å². The Hall–Kier alpha value is -11.1. The molecule has 10 amide bonds. The number of rotatable bonds is 36. The number of hydrogen-bond donors (Lipinski definition) is 11. The van der Waals surface area contributed by atoms with Crippen LogP contribution in [-0.2, 0) is 78.2 Å². The summed E-state index contributed by atoms with van der Waals surface area (Å²) in [4.78, 5) is 163. The number of esters is 2. The maximum Gasteiger partial charge on any atom is 0.355 e. The smallest absolute Gasteiger partial charge is 0.355 e. The van der Waals surface area contributed by atoms with Crippen molar-refractivity contribution in [2.45, 2.75) is 154 Å². The Bertz CT molecular complexity index is 4870. The fraction of sp³-hybridized carbons (Fsp3) is 0.475. The molecule has 2 aromatic heterocycles. The van der Waals surface area contributed by atoms with Crippen molar-refractivity contribution in [1.29, 1.82) is 0 Å². The molecule has 618 valence electrons. The van der Waals surface area contributed by atoms with Crippen molar-refractivity contribution in [3.8, 4) is 11.4 Å². The highest BCUT2D eigenvalue weighted by atomic mass is 32.2. The zero-order valence-electron chi connectivity index (χ0n) is 66.5. The molecule has 10 rings (SSSR count). The number of pyridine rings is 2. The van der Waals surface area contributed by atoms with Gasteiger partial charge in [-0.3, -0.25) is 43.3 Å². The minimum atomic E-state index is -4.19. The molecule has 12 N–H and O–H groups in total. The van der Waals surface area contributed by atoms with Crippen LogP contribution in [-0.4, -0.2) is 218 Å². The van der Waals surface area contributed by atoms with Gasteiger partial charge in [-0.1, -0.05) is 59.7 Å². The van der Waals surface area contributed by atoms with Crippen molar-refractivity contribution < 1.29 is 75.3 Å². The number of aromatic nitrogens is 2. The van der Waals surface area contributed by atoms with Crippen LogP contribution in [0.25, 0.3) is 22.3 Å². The molecule has 6 unspecified atom stereocenters. The molecule has 4 aliphatic rings. The molecular weight excluding hydrogens is 1510 g/mol. The van der Waals surface area contributed by atoms with Gasteiger partial charge in [0.15, 0.2) is 0 Å². The summed E-state index contributed by atoms with van der Waals surface area (Å²) in [5.74, 6) is -7.15. The number of likely N-dealkylation sites (N-methyl/N-ethyl adjacent to an activating group) is 3. The summed E-state index contributed by atoms with van der Waals surface area (Å²) < 4.78 is 58.5. The number of fused-ring (bicyclic) bond motifs is 5. The SMILES string of the molecule is CCCNC(=O)Nc1cccc(S(=O)(=O)Nc2cccc(C(CC(=O)O)NC(=O)Nc3ccc(NC(=O)NCCN(C)CCN(C)CCN(C)CC(=O)NC(CC(N)=O)C(=O)N4CCCC4C(=O)NC(C(=O)OC4(CC)C(=O)OCc5c4cc4n(c5=O)Cc5c-4nc4cc(F)c(C)c6c4c5C(N(CC)CC)CC6)C(C)C)cc3)c2)c1. The van der Waals surface area contributed by atoms with Gasteiger partial charge < -0.3 is 82.1 Å². The van der Waals surface area contributed by atoms with E-state index in [1.165, 1.54) is 71.6 Å². The van der Waals surface area contributed by atoms with Gasteiger partial charge in [0.25, 0.3) is 15.6 Å². The number of benzene rings is 4. The third-order valence-corrected chi connectivity index (χ3v) is 22.8. The van der Waals surface area contributed by atoms with E-state index in [-0.39, 0.29) is 83.8 Å². The number of urea groups is 3. The van der Waals surface area contributed by atoms with Crippen LogP contribution in [0.3, 0.4) is 0 Å². The normalized spacial score (nSPS) is 16.9. The third kappa shape index (κ3) is 20.5. The van der Waals surface area contributed by atoms with E-state index in [4.69, 9.17) is 20.2 Å². The lowest BCUT2D eigenvalue weighted by molar-refractivity contribution is -0.191. The first-order chi connectivity index (χ1) is 54.8. The van der Waals surface area contributed by atoms with Gasteiger partial charge in [-0.15, -0.1) is 0 Å². The maximum atomic E-state index is 15.7. The first-order valence-corrected chi connectivity index (χ1v) is 40.3. The number of nitrogens with two attached hydrogens (primary N) is 1. The molecule has 0 spiro atoms. The first-order valence-electron chi connectivity index (χ1n) is 38.8. The Morgan fingerprint density at radius 3 is 2.04 bits per heavy atom. The molecule has 115 heavy (non-hydrogen) atoms. The minimum absolute atomic E-state index is 0.0441. The lowest BCUT2D eigenvalue weighted by Crippen LogP contribution is -2.58. The van der Waals surface area contributed by atoms with E-state index in [1.807, 2.05) is 30.8 Å². The van der Waals surface area contributed by atoms with E-state index in [9.17, 15) is 66.3 Å². The molecule has 6 atom stereocenters. The monoisotopic (exact) mass is 1610 g/mol. The van der Waals surface area contributed by atoms with Crippen LogP contribution in [0.5, 0.6) is 0 Å². The number of amides is 10. The summed E-state index contributed by atoms with van der Waals surface area (Å²) in [7, 11) is 1.32. The summed E-state index contributed by atoms with van der Waals surface area (Å²) in [6.45, 7) is 17.3. The number of primary amides is 1. The highest BCUT2D eigenvalue weighted by Gasteiger charge is 2.52. The predicted octanol–water partition coefficient (Wildman–Crippen LogP) is 6.19. The van der Waals surface area contributed by atoms with Gasteiger partial charge in [0.2, 0.25) is 29.2 Å². The minimum Gasteiger partial charge on any atom is -0.481 e. The number of likely N-dealkylation sites (tertiary alicyclic amines) is 1. The average Bonchev–Trinajstić information content (AvgIpc) is 1.57. The molecule has 1 saturated heterocycles. The Kier molecular flexibility index (Phi) is 28.4. The van der Waals surface area contributed by atoms with Gasteiger partial charge in [0, 0.05) is 104 Å². The van der Waals surface area contributed by atoms with Gasteiger partial charge in [0.05, 0.1) is 59.3 Å². The first kappa shape index (κ1) is 86.3. The Morgan fingerprint density at radius 1 is 0.748 bits per heavy atom. The van der Waals surface area contributed by atoms with Crippen LogP contribution >= 0.6 is 0 Å². The summed E-state index contributed by atoms with van der Waals surface area (Å²) in [5, 5.41) is 32.1. The van der Waals surface area contributed by atoms with E-state index in [0.29, 0.717) is 92.4 Å². The van der Waals surface area contributed by atoms with Crippen molar-refractivity contribution in [1.82, 2.24) is 60.6 Å². The second-order valence-corrected chi connectivity index (χ2v) is 31.6. The zero-order chi connectivity index (χ0) is 83.3. The van der Waals surface area contributed by atoms with E-state index in [1.54, 1.807) is 62.4 Å². The highest BCUT2D eigenvalue weighted by molar-refractivity contribution is 7.92. The summed E-state index contributed by atoms with van der Waals surface area (Å²) >= 11 is 0. The van der Waals surface area contributed by atoms with Crippen LogP contribution in [0.4, 0.5) is 41.5 Å². The number of carboxylic acid groups (broad SMARTS) is 1. The van der Waals surface area contributed by atoms with Gasteiger partial charge in [-0.2, -0.15) is 0 Å². The summed E-state index contributed by atoms with van der Waals surface area (Å²) in [6, 6.07) is 13.9. The Labute approximate surface area is 666 Å². The third-order valence-electron chi connectivity index (χ3n) is 21.4. The topological polar surface area (TPSA) is 429 Å². The Morgan fingerprint density at radius 2 is 1.39 bits per heavy atom. The van der Waals surface area contributed by atoms with Crippen molar-refractivity contribution in [2.24, 2.45) is 11.7 Å². The number of carbonyl (C=O) groups is 10. The molecule has 0 radical (unpaired) electrons.